The quantitative estimate of drug-likeness (QED) is 0.271. The number of aliphatic hydroxyl groups is 1. The van der Waals surface area contributed by atoms with Crippen molar-refractivity contribution in [1.82, 2.24) is 0 Å². The Balaban J connectivity index is 1.73. The highest BCUT2D eigenvalue weighted by Crippen LogP contribution is 2.44. The summed E-state index contributed by atoms with van der Waals surface area (Å²) in [6, 6.07) is 31.2. The summed E-state index contributed by atoms with van der Waals surface area (Å²) in [7, 11) is -4.87. The Kier molecular flexibility index (Phi) is 8.89. The van der Waals surface area contributed by atoms with Gasteiger partial charge in [0.15, 0.2) is 8.32 Å². The van der Waals surface area contributed by atoms with Gasteiger partial charge < -0.3 is 19.3 Å². The van der Waals surface area contributed by atoms with Crippen molar-refractivity contribution in [3.05, 3.63) is 91.0 Å². The Morgan fingerprint density at radius 1 is 0.775 bits per heavy atom. The third-order valence-corrected chi connectivity index (χ3v) is 18.6. The van der Waals surface area contributed by atoms with E-state index in [4.69, 9.17) is 8.85 Å². The molecule has 0 heterocycles. The molecule has 0 aliphatic heterocycles. The number of benzene rings is 3. The van der Waals surface area contributed by atoms with E-state index in [0.29, 0.717) is 6.42 Å². The molecular formula is C34H49NO3Si2. The molecule has 6 heteroatoms. The van der Waals surface area contributed by atoms with Crippen LogP contribution in [0.1, 0.15) is 54.4 Å². The summed E-state index contributed by atoms with van der Waals surface area (Å²) in [6.07, 6.45) is 1.31. The molecule has 3 aromatic rings. The first-order valence-electron chi connectivity index (χ1n) is 14.7. The third-order valence-electron chi connectivity index (χ3n) is 9.12. The van der Waals surface area contributed by atoms with Crippen LogP contribution >= 0.6 is 0 Å². The summed E-state index contributed by atoms with van der Waals surface area (Å²) in [5.41, 5.74) is -0.0993. The Hall–Kier alpha value is -2.23. The van der Waals surface area contributed by atoms with Gasteiger partial charge in [-0.1, -0.05) is 120 Å². The molecule has 4 rings (SSSR count). The van der Waals surface area contributed by atoms with E-state index in [9.17, 15) is 5.11 Å². The van der Waals surface area contributed by atoms with Crippen molar-refractivity contribution in [3.63, 3.8) is 0 Å². The van der Waals surface area contributed by atoms with E-state index in [2.05, 4.69) is 133 Å². The summed E-state index contributed by atoms with van der Waals surface area (Å²) in [6.45, 7) is 18.5. The summed E-state index contributed by atoms with van der Waals surface area (Å²) < 4.78 is 14.3. The second kappa shape index (κ2) is 11.6. The maximum Gasteiger partial charge on any atom is 0.261 e. The fourth-order valence-corrected chi connectivity index (χ4v) is 11.8. The third kappa shape index (κ3) is 6.16. The molecule has 0 saturated heterocycles. The van der Waals surface area contributed by atoms with Crippen molar-refractivity contribution in [2.45, 2.75) is 95.3 Å². The van der Waals surface area contributed by atoms with Crippen molar-refractivity contribution in [1.29, 1.82) is 0 Å². The Labute approximate surface area is 244 Å². The number of hydrogen-bond donors (Lipinski definition) is 2. The molecule has 0 radical (unpaired) electrons. The Morgan fingerprint density at radius 2 is 1.25 bits per heavy atom. The van der Waals surface area contributed by atoms with Gasteiger partial charge in [0.2, 0.25) is 0 Å². The van der Waals surface area contributed by atoms with Crippen LogP contribution in [0.5, 0.6) is 0 Å². The second-order valence-corrected chi connectivity index (χ2v) is 23.1. The monoisotopic (exact) mass is 575 g/mol. The molecule has 1 fully saturated rings. The van der Waals surface area contributed by atoms with Crippen LogP contribution < -0.4 is 15.7 Å². The van der Waals surface area contributed by atoms with Gasteiger partial charge in [-0.15, -0.1) is 0 Å². The second-order valence-electron chi connectivity index (χ2n) is 14.0. The molecule has 2 N–H and O–H groups in total. The van der Waals surface area contributed by atoms with E-state index in [1.165, 1.54) is 10.4 Å². The van der Waals surface area contributed by atoms with Gasteiger partial charge in [-0.3, -0.25) is 0 Å². The number of hydrogen-bond acceptors (Lipinski definition) is 4. The number of para-hydroxylation sites is 1. The molecule has 0 aromatic heterocycles. The predicted molar refractivity (Wildman–Crippen MR) is 174 cm³/mol. The zero-order valence-electron chi connectivity index (χ0n) is 25.7. The molecule has 0 spiro atoms. The minimum Gasteiger partial charge on any atom is -0.412 e. The SMILES string of the molecule is CC(C)(C)[Si](C)(C)O[C@@H]1CC[C@@](O)(CO[Si](c2ccccc2)(c2ccccc2)C(C)(C)C)[C@H]1Nc1ccccc1. The fourth-order valence-electron chi connectivity index (χ4n) is 5.84. The predicted octanol–water partition coefficient (Wildman–Crippen LogP) is 6.96. The minimum atomic E-state index is -2.80. The average Bonchev–Trinajstić information content (AvgIpc) is 3.19. The molecule has 0 unspecified atom stereocenters. The zero-order chi connectivity index (χ0) is 29.2. The molecule has 1 aliphatic carbocycles. The Morgan fingerprint density at radius 3 is 1.70 bits per heavy atom. The van der Waals surface area contributed by atoms with E-state index in [1.807, 2.05) is 18.2 Å². The Bertz CT molecular complexity index is 1180. The van der Waals surface area contributed by atoms with Crippen molar-refractivity contribution in [2.24, 2.45) is 0 Å². The molecule has 40 heavy (non-hydrogen) atoms. The van der Waals surface area contributed by atoms with Crippen LogP contribution in [0.4, 0.5) is 5.69 Å². The lowest BCUT2D eigenvalue weighted by atomic mass is 9.98. The lowest BCUT2D eigenvalue weighted by Gasteiger charge is -2.46. The van der Waals surface area contributed by atoms with Gasteiger partial charge in [0.25, 0.3) is 8.32 Å². The van der Waals surface area contributed by atoms with Gasteiger partial charge in [-0.05, 0) is 58.5 Å². The van der Waals surface area contributed by atoms with Gasteiger partial charge in [-0.25, -0.2) is 0 Å². The minimum absolute atomic E-state index is 0.0798. The molecular weight excluding hydrogens is 527 g/mol. The van der Waals surface area contributed by atoms with E-state index < -0.39 is 22.2 Å². The highest BCUT2D eigenvalue weighted by atomic mass is 28.4. The van der Waals surface area contributed by atoms with Crippen LogP contribution in [0, 0.1) is 0 Å². The van der Waals surface area contributed by atoms with Crippen molar-refractivity contribution in [2.75, 3.05) is 11.9 Å². The number of anilines is 1. The maximum atomic E-state index is 12.5. The summed E-state index contributed by atoms with van der Waals surface area (Å²) in [5, 5.41) is 18.5. The van der Waals surface area contributed by atoms with E-state index in [-0.39, 0.29) is 28.8 Å². The molecule has 1 aliphatic rings. The van der Waals surface area contributed by atoms with Crippen LogP contribution in [-0.4, -0.2) is 46.1 Å². The van der Waals surface area contributed by atoms with Crippen LogP contribution in [-0.2, 0) is 8.85 Å². The smallest absolute Gasteiger partial charge is 0.261 e. The van der Waals surface area contributed by atoms with Crippen molar-refractivity contribution in [3.8, 4) is 0 Å². The van der Waals surface area contributed by atoms with Gasteiger partial charge >= 0.3 is 0 Å². The number of nitrogens with one attached hydrogen (secondary N) is 1. The van der Waals surface area contributed by atoms with Crippen molar-refractivity contribution >= 4 is 32.7 Å². The van der Waals surface area contributed by atoms with Crippen LogP contribution in [0.2, 0.25) is 23.2 Å². The average molecular weight is 576 g/mol. The highest BCUT2D eigenvalue weighted by Gasteiger charge is 2.55. The molecule has 3 aromatic carbocycles. The topological polar surface area (TPSA) is 50.7 Å². The van der Waals surface area contributed by atoms with Crippen LogP contribution in [0.15, 0.2) is 91.0 Å². The summed E-state index contributed by atoms with van der Waals surface area (Å²) in [5.74, 6) is 0. The number of rotatable bonds is 9. The summed E-state index contributed by atoms with van der Waals surface area (Å²) >= 11 is 0. The van der Waals surface area contributed by atoms with Gasteiger partial charge in [0, 0.05) is 5.69 Å². The highest BCUT2D eigenvalue weighted by molar-refractivity contribution is 6.99. The van der Waals surface area contributed by atoms with E-state index in [0.717, 1.165) is 12.1 Å². The van der Waals surface area contributed by atoms with Gasteiger partial charge in [0.1, 0.15) is 5.60 Å². The van der Waals surface area contributed by atoms with E-state index in [1.54, 1.807) is 0 Å². The first kappa shape index (κ1) is 30.7. The summed E-state index contributed by atoms with van der Waals surface area (Å²) in [4.78, 5) is 0. The lowest BCUT2D eigenvalue weighted by molar-refractivity contribution is -0.0205. The molecule has 4 nitrogen and oxygen atoms in total. The van der Waals surface area contributed by atoms with Crippen LogP contribution in [0.3, 0.4) is 0 Å². The molecule has 0 amide bonds. The molecule has 0 bridgehead atoms. The largest absolute Gasteiger partial charge is 0.412 e. The molecule has 3 atom stereocenters. The van der Waals surface area contributed by atoms with E-state index >= 15 is 0 Å². The zero-order valence-corrected chi connectivity index (χ0v) is 27.7. The molecule has 216 valence electrons. The molecule has 1 saturated carbocycles. The van der Waals surface area contributed by atoms with Gasteiger partial charge in [0.05, 0.1) is 18.8 Å². The normalized spacial score (nSPS) is 22.3. The first-order chi connectivity index (χ1) is 18.7. The standard InChI is InChI=1S/C34H49NO3Si2/c1-32(2,3)39(7,8)38-30-24-25-34(36,31(30)35-27-18-12-9-13-19-27)26-37-40(33(4,5)6,28-20-14-10-15-21-28)29-22-16-11-17-23-29/h9-23,30-31,35-36H,24-26H2,1-8H3/t30-,31+,34-/m1/s1. The van der Waals surface area contributed by atoms with Crippen molar-refractivity contribution < 1.29 is 14.0 Å². The maximum absolute atomic E-state index is 12.5. The van der Waals surface area contributed by atoms with Gasteiger partial charge in [-0.2, -0.15) is 0 Å². The van der Waals surface area contributed by atoms with Crippen LogP contribution in [0.25, 0.3) is 0 Å². The fraction of sp³-hybridized carbons (Fsp3) is 0.471. The lowest BCUT2D eigenvalue weighted by Crippen LogP contribution is -2.68. The first-order valence-corrected chi connectivity index (χ1v) is 19.5.